The van der Waals surface area contributed by atoms with Crippen molar-refractivity contribution in [2.45, 2.75) is 25.4 Å². The summed E-state index contributed by atoms with van der Waals surface area (Å²) in [6, 6.07) is 3.49. The highest BCUT2D eigenvalue weighted by molar-refractivity contribution is 5.94. The van der Waals surface area contributed by atoms with E-state index in [1.54, 1.807) is 30.2 Å². The highest BCUT2D eigenvalue weighted by atomic mass is 16.3. The molecule has 1 aromatic heterocycles. The zero-order valence-electron chi connectivity index (χ0n) is 11.6. The monoisotopic (exact) mass is 273 g/mol. The Balaban J connectivity index is 2.25. The summed E-state index contributed by atoms with van der Waals surface area (Å²) < 4.78 is 0. The molecule has 5 nitrogen and oxygen atoms in total. The number of pyridine rings is 1. The molecule has 2 heterocycles. The maximum atomic E-state index is 12.5. The Bertz CT molecular complexity index is 558. The van der Waals surface area contributed by atoms with Gasteiger partial charge in [0, 0.05) is 19.3 Å². The zero-order valence-corrected chi connectivity index (χ0v) is 11.6. The molecule has 3 N–H and O–H groups in total. The van der Waals surface area contributed by atoms with Crippen LogP contribution in [-0.4, -0.2) is 46.1 Å². The molecule has 1 unspecified atom stereocenters. The van der Waals surface area contributed by atoms with Crippen molar-refractivity contribution in [3.8, 4) is 11.8 Å². The minimum Gasteiger partial charge on any atom is -0.388 e. The molecule has 1 amide bonds. The molecule has 1 aromatic rings. The maximum Gasteiger partial charge on any atom is 0.273 e. The minimum absolute atomic E-state index is 0.188. The van der Waals surface area contributed by atoms with Gasteiger partial charge in [-0.1, -0.05) is 11.8 Å². The fraction of sp³-hybridized carbons (Fsp3) is 0.467. The Morgan fingerprint density at radius 2 is 2.45 bits per heavy atom. The molecule has 0 radical (unpaired) electrons. The van der Waals surface area contributed by atoms with E-state index in [9.17, 15) is 9.90 Å². The Kier molecular flexibility index (Phi) is 4.38. The molecule has 1 fully saturated rings. The maximum absolute atomic E-state index is 12.5. The van der Waals surface area contributed by atoms with Gasteiger partial charge in [-0.25, -0.2) is 4.98 Å². The lowest BCUT2D eigenvalue weighted by molar-refractivity contribution is -0.0109. The van der Waals surface area contributed by atoms with E-state index in [4.69, 9.17) is 5.73 Å². The summed E-state index contributed by atoms with van der Waals surface area (Å²) >= 11 is 0. The molecule has 1 aliphatic rings. The van der Waals surface area contributed by atoms with Crippen molar-refractivity contribution in [2.75, 3.05) is 19.6 Å². The molecule has 5 heteroatoms. The lowest BCUT2D eigenvalue weighted by Gasteiger charge is -2.36. The standard InChI is InChI=1S/C15H19N3O2/c1-15(20)7-4-10-18(11-15)14(19)13-12(5-2-8-16)6-3-9-17-13/h3,6,9,20H,4,7-8,10-11,16H2,1H3. The molecule has 20 heavy (non-hydrogen) atoms. The number of aliphatic hydroxyl groups is 1. The number of aromatic nitrogens is 1. The quantitative estimate of drug-likeness (QED) is 0.725. The van der Waals surface area contributed by atoms with Crippen LogP contribution in [0.25, 0.3) is 0 Å². The lowest BCUT2D eigenvalue weighted by Crippen LogP contribution is -2.48. The van der Waals surface area contributed by atoms with E-state index in [2.05, 4.69) is 16.8 Å². The predicted molar refractivity (Wildman–Crippen MR) is 75.9 cm³/mol. The first-order valence-corrected chi connectivity index (χ1v) is 6.69. The molecule has 1 saturated heterocycles. The number of β-amino-alcohol motifs (C(OH)–C–C–N with tert-alkyl or cyclic N) is 1. The van der Waals surface area contributed by atoms with Crippen molar-refractivity contribution in [3.05, 3.63) is 29.6 Å². The summed E-state index contributed by atoms with van der Waals surface area (Å²) in [6.07, 6.45) is 3.07. The molecular weight excluding hydrogens is 254 g/mol. The summed E-state index contributed by atoms with van der Waals surface area (Å²) in [5.74, 6) is 5.41. The second-order valence-electron chi connectivity index (χ2n) is 5.23. The Morgan fingerprint density at radius 3 is 3.15 bits per heavy atom. The van der Waals surface area contributed by atoms with Gasteiger partial charge in [-0.3, -0.25) is 4.79 Å². The number of amides is 1. The predicted octanol–water partition coefficient (Wildman–Crippen LogP) is 0.379. The van der Waals surface area contributed by atoms with Crippen molar-refractivity contribution in [3.63, 3.8) is 0 Å². The number of hydrogen-bond acceptors (Lipinski definition) is 4. The number of rotatable bonds is 1. The van der Waals surface area contributed by atoms with E-state index in [0.29, 0.717) is 30.8 Å². The van der Waals surface area contributed by atoms with Crippen molar-refractivity contribution < 1.29 is 9.90 Å². The van der Waals surface area contributed by atoms with Crippen LogP contribution in [-0.2, 0) is 0 Å². The van der Waals surface area contributed by atoms with Crippen LogP contribution in [0.15, 0.2) is 18.3 Å². The first-order chi connectivity index (χ1) is 9.53. The molecule has 0 aliphatic carbocycles. The normalized spacial score (nSPS) is 22.1. The highest BCUT2D eigenvalue weighted by Crippen LogP contribution is 2.22. The Labute approximate surface area is 118 Å². The molecule has 0 bridgehead atoms. The third-order valence-electron chi connectivity index (χ3n) is 3.30. The van der Waals surface area contributed by atoms with Gasteiger partial charge in [0.2, 0.25) is 0 Å². The smallest absolute Gasteiger partial charge is 0.273 e. The Hall–Kier alpha value is -1.90. The van der Waals surface area contributed by atoms with Gasteiger partial charge in [-0.2, -0.15) is 0 Å². The molecule has 1 atom stereocenters. The molecule has 106 valence electrons. The van der Waals surface area contributed by atoms with Gasteiger partial charge in [0.05, 0.1) is 17.7 Å². The van der Waals surface area contributed by atoms with Crippen molar-refractivity contribution in [1.29, 1.82) is 0 Å². The third-order valence-corrected chi connectivity index (χ3v) is 3.30. The minimum atomic E-state index is -0.828. The van der Waals surface area contributed by atoms with Gasteiger partial charge in [-0.15, -0.1) is 0 Å². The van der Waals surface area contributed by atoms with Gasteiger partial charge in [0.1, 0.15) is 5.69 Å². The fourth-order valence-corrected chi connectivity index (χ4v) is 2.37. The fourth-order valence-electron chi connectivity index (χ4n) is 2.37. The molecule has 2 rings (SSSR count). The van der Waals surface area contributed by atoms with E-state index >= 15 is 0 Å². The number of piperidine rings is 1. The molecular formula is C15H19N3O2. The van der Waals surface area contributed by atoms with Gasteiger partial charge < -0.3 is 15.7 Å². The largest absolute Gasteiger partial charge is 0.388 e. The topological polar surface area (TPSA) is 79.5 Å². The number of hydrogen-bond donors (Lipinski definition) is 2. The summed E-state index contributed by atoms with van der Waals surface area (Å²) in [5, 5.41) is 10.1. The number of carbonyl (C=O) groups excluding carboxylic acids is 1. The van der Waals surface area contributed by atoms with Crippen LogP contribution in [0.1, 0.15) is 35.8 Å². The first-order valence-electron chi connectivity index (χ1n) is 6.69. The van der Waals surface area contributed by atoms with Crippen LogP contribution in [0.3, 0.4) is 0 Å². The summed E-state index contributed by atoms with van der Waals surface area (Å²) in [5.41, 5.74) is 5.43. The van der Waals surface area contributed by atoms with Crippen LogP contribution in [0.5, 0.6) is 0 Å². The number of nitrogens with zero attached hydrogens (tertiary/aromatic N) is 2. The van der Waals surface area contributed by atoms with Gasteiger partial charge >= 0.3 is 0 Å². The van der Waals surface area contributed by atoms with Crippen molar-refractivity contribution in [2.24, 2.45) is 5.73 Å². The average Bonchev–Trinajstić information content (AvgIpc) is 2.43. The average molecular weight is 273 g/mol. The van der Waals surface area contributed by atoms with Gasteiger partial charge in [0.25, 0.3) is 5.91 Å². The SMILES string of the molecule is CC1(O)CCCN(C(=O)c2ncccc2C#CCN)C1. The first kappa shape index (κ1) is 14.5. The number of carbonyl (C=O) groups is 1. The van der Waals surface area contributed by atoms with Crippen molar-refractivity contribution in [1.82, 2.24) is 9.88 Å². The van der Waals surface area contributed by atoms with Crippen LogP contribution < -0.4 is 5.73 Å². The summed E-state index contributed by atoms with van der Waals surface area (Å²) in [6.45, 7) is 2.95. The Morgan fingerprint density at radius 1 is 1.65 bits per heavy atom. The van der Waals surface area contributed by atoms with Gasteiger partial charge in [-0.05, 0) is 31.9 Å². The van der Waals surface area contributed by atoms with Crippen molar-refractivity contribution >= 4 is 5.91 Å². The highest BCUT2D eigenvalue weighted by Gasteiger charge is 2.32. The van der Waals surface area contributed by atoms with Crippen LogP contribution in [0.2, 0.25) is 0 Å². The second kappa shape index (κ2) is 6.04. The summed E-state index contributed by atoms with van der Waals surface area (Å²) in [7, 11) is 0. The lowest BCUT2D eigenvalue weighted by atomic mass is 9.95. The van der Waals surface area contributed by atoms with E-state index in [1.807, 2.05) is 0 Å². The second-order valence-corrected chi connectivity index (χ2v) is 5.23. The zero-order chi connectivity index (χ0) is 14.6. The van der Waals surface area contributed by atoms with Crippen LogP contribution in [0, 0.1) is 11.8 Å². The van der Waals surface area contributed by atoms with E-state index in [1.165, 1.54) is 0 Å². The van der Waals surface area contributed by atoms with E-state index in [0.717, 1.165) is 6.42 Å². The molecule has 0 aromatic carbocycles. The van der Waals surface area contributed by atoms with Crippen LogP contribution >= 0.6 is 0 Å². The van der Waals surface area contributed by atoms with Crippen LogP contribution in [0.4, 0.5) is 0 Å². The van der Waals surface area contributed by atoms with E-state index in [-0.39, 0.29) is 12.5 Å². The number of nitrogens with two attached hydrogens (primary N) is 1. The van der Waals surface area contributed by atoms with E-state index < -0.39 is 5.60 Å². The molecule has 1 aliphatic heterocycles. The molecule has 0 saturated carbocycles. The summed E-state index contributed by atoms with van der Waals surface area (Å²) in [4.78, 5) is 18.3. The van der Waals surface area contributed by atoms with Gasteiger partial charge in [0.15, 0.2) is 0 Å². The molecule has 0 spiro atoms. The number of likely N-dealkylation sites (tertiary alicyclic amines) is 1. The third kappa shape index (κ3) is 3.35.